The molecule has 0 spiro atoms. The second-order valence-electron chi connectivity index (χ2n) is 5.18. The molecular weight excluding hydrogens is 338 g/mol. The van der Waals surface area contributed by atoms with Gasteiger partial charge >= 0.3 is 5.97 Å². The molecule has 1 aliphatic heterocycles. The van der Waals surface area contributed by atoms with Crippen molar-refractivity contribution in [3.05, 3.63) is 72.1 Å². The van der Waals surface area contributed by atoms with Crippen molar-refractivity contribution in [1.29, 1.82) is 0 Å². The lowest BCUT2D eigenvalue weighted by Gasteiger charge is -2.14. The first-order chi connectivity index (χ1) is 12.1. The summed E-state index contributed by atoms with van der Waals surface area (Å²) in [6.07, 6.45) is 1.29. The first kappa shape index (κ1) is 16.7. The number of nitrogens with one attached hydrogen (secondary N) is 2. The Morgan fingerprint density at radius 3 is 2.64 bits per heavy atom. The summed E-state index contributed by atoms with van der Waals surface area (Å²) in [4.78, 5) is 16.7. The van der Waals surface area contributed by atoms with Crippen molar-refractivity contribution in [2.45, 2.75) is 6.92 Å². The van der Waals surface area contributed by atoms with Gasteiger partial charge in [0.1, 0.15) is 0 Å². The normalized spacial score (nSPS) is 15.6. The van der Waals surface area contributed by atoms with Gasteiger partial charge in [-0.25, -0.2) is 9.80 Å². The Morgan fingerprint density at radius 2 is 1.92 bits per heavy atom. The van der Waals surface area contributed by atoms with E-state index in [0.29, 0.717) is 0 Å². The van der Waals surface area contributed by atoms with Crippen LogP contribution in [0.5, 0.6) is 0 Å². The molecule has 1 fully saturated rings. The van der Waals surface area contributed by atoms with Crippen LogP contribution >= 0.6 is 12.2 Å². The number of aryl methyl sites for hydroxylation is 1. The van der Waals surface area contributed by atoms with Crippen LogP contribution in [0.1, 0.15) is 5.56 Å². The first-order valence-corrected chi connectivity index (χ1v) is 7.85. The molecule has 0 saturated carbocycles. The van der Waals surface area contributed by atoms with Gasteiger partial charge < -0.3 is 10.2 Å². The van der Waals surface area contributed by atoms with E-state index in [2.05, 4.69) is 21.1 Å². The number of thiocarbonyl (C=S) groups is 1. The monoisotopic (exact) mass is 353 g/mol. The standard InChI is InChI=1S/C17H15N5O2S/c1-12-7-9-14(10-8-12)22-15(16(23)24-21-22)11-18-20-17(25)19-13-5-3-2-4-6-13/h2-11,21H,1H3,(H,19,25). The molecule has 0 radical (unpaired) electrons. The number of nitrogens with zero attached hydrogens (tertiary/aromatic N) is 3. The highest BCUT2D eigenvalue weighted by Crippen LogP contribution is 2.22. The molecule has 1 heterocycles. The van der Waals surface area contributed by atoms with Crippen molar-refractivity contribution in [2.75, 3.05) is 10.3 Å². The van der Waals surface area contributed by atoms with Crippen molar-refractivity contribution in [3.63, 3.8) is 0 Å². The zero-order valence-electron chi connectivity index (χ0n) is 13.3. The number of hydrazine groups is 1. The molecule has 0 amide bonds. The quantitative estimate of drug-likeness (QED) is 0.500. The SMILES string of the molecule is Cc1ccc(N2NOC(=O)C2=CN=NC(=S)Nc2ccccc2)cc1. The molecular formula is C17H15N5O2S. The topological polar surface area (TPSA) is 78.3 Å². The number of hydrogen-bond donors (Lipinski definition) is 2. The van der Waals surface area contributed by atoms with Gasteiger partial charge in [0.05, 0.1) is 11.9 Å². The number of benzene rings is 2. The molecule has 2 aromatic rings. The van der Waals surface area contributed by atoms with Crippen LogP contribution in [0.2, 0.25) is 0 Å². The third kappa shape index (κ3) is 4.25. The molecule has 0 aromatic heterocycles. The highest BCUT2D eigenvalue weighted by molar-refractivity contribution is 7.80. The Balaban J connectivity index is 1.70. The van der Waals surface area contributed by atoms with Gasteiger partial charge in [-0.3, -0.25) is 0 Å². The van der Waals surface area contributed by atoms with Crippen molar-refractivity contribution >= 4 is 34.7 Å². The predicted octanol–water partition coefficient (Wildman–Crippen LogP) is 3.47. The van der Waals surface area contributed by atoms with Crippen LogP contribution in [-0.2, 0) is 9.63 Å². The van der Waals surface area contributed by atoms with Gasteiger partial charge in [-0.15, -0.1) is 5.11 Å². The minimum atomic E-state index is -0.554. The van der Waals surface area contributed by atoms with E-state index in [-0.39, 0.29) is 10.8 Å². The molecule has 0 atom stereocenters. The van der Waals surface area contributed by atoms with E-state index in [1.165, 1.54) is 11.2 Å². The van der Waals surface area contributed by atoms with Crippen LogP contribution in [0.3, 0.4) is 0 Å². The average Bonchev–Trinajstić information content (AvgIpc) is 2.97. The number of rotatable bonds is 3. The third-order valence-corrected chi connectivity index (χ3v) is 3.51. The number of para-hydroxylation sites is 1. The van der Waals surface area contributed by atoms with Crippen molar-refractivity contribution in [3.8, 4) is 0 Å². The maximum absolute atomic E-state index is 11.8. The highest BCUT2D eigenvalue weighted by Gasteiger charge is 2.29. The summed E-state index contributed by atoms with van der Waals surface area (Å²) in [5.74, 6) is -0.554. The zero-order valence-corrected chi connectivity index (χ0v) is 14.2. The Labute approximate surface area is 149 Å². The van der Waals surface area contributed by atoms with E-state index >= 15 is 0 Å². The summed E-state index contributed by atoms with van der Waals surface area (Å²) in [7, 11) is 0. The molecule has 3 rings (SSSR count). The minimum Gasteiger partial charge on any atom is -0.345 e. The van der Waals surface area contributed by atoms with Crippen LogP contribution in [-0.4, -0.2) is 11.1 Å². The van der Waals surface area contributed by atoms with Crippen LogP contribution in [0.15, 0.2) is 76.7 Å². The summed E-state index contributed by atoms with van der Waals surface area (Å²) >= 11 is 5.10. The second-order valence-corrected chi connectivity index (χ2v) is 5.56. The molecule has 1 aliphatic rings. The van der Waals surface area contributed by atoms with Crippen molar-refractivity contribution < 1.29 is 9.63 Å². The van der Waals surface area contributed by atoms with Crippen LogP contribution < -0.4 is 15.9 Å². The van der Waals surface area contributed by atoms with E-state index in [1.54, 1.807) is 0 Å². The molecule has 7 nitrogen and oxygen atoms in total. The fourth-order valence-corrected chi connectivity index (χ4v) is 2.25. The summed E-state index contributed by atoms with van der Waals surface area (Å²) in [5, 5.41) is 12.3. The van der Waals surface area contributed by atoms with Gasteiger partial charge in [-0.1, -0.05) is 41.5 Å². The van der Waals surface area contributed by atoms with E-state index in [4.69, 9.17) is 17.1 Å². The Hall–Kier alpha value is -3.10. The number of hydrogen-bond acceptors (Lipinski definition) is 6. The Bertz CT molecular complexity index is 834. The van der Waals surface area contributed by atoms with E-state index in [9.17, 15) is 4.79 Å². The molecule has 126 valence electrons. The minimum absolute atomic E-state index is 0.184. The smallest absolute Gasteiger partial charge is 0.345 e. The molecule has 8 heteroatoms. The number of anilines is 2. The Kier molecular flexibility index (Phi) is 5.12. The summed E-state index contributed by atoms with van der Waals surface area (Å²) < 4.78 is 0. The number of carbonyl (C=O) groups excluding carboxylic acids is 1. The lowest BCUT2D eigenvalue weighted by atomic mass is 10.2. The van der Waals surface area contributed by atoms with Crippen LogP contribution in [0.25, 0.3) is 0 Å². The van der Waals surface area contributed by atoms with Gasteiger partial charge in [-0.2, -0.15) is 5.11 Å². The van der Waals surface area contributed by atoms with Gasteiger partial charge in [-0.05, 0) is 43.4 Å². The van der Waals surface area contributed by atoms with Gasteiger partial charge in [0.25, 0.3) is 0 Å². The fraction of sp³-hybridized carbons (Fsp3) is 0.0588. The molecule has 1 saturated heterocycles. The summed E-state index contributed by atoms with van der Waals surface area (Å²) in [6.45, 7) is 1.98. The first-order valence-electron chi connectivity index (χ1n) is 7.44. The summed E-state index contributed by atoms with van der Waals surface area (Å²) in [5.41, 5.74) is 5.39. The maximum atomic E-state index is 11.8. The lowest BCUT2D eigenvalue weighted by molar-refractivity contribution is -0.140. The molecule has 2 aromatic carbocycles. The maximum Gasteiger partial charge on any atom is 0.378 e. The molecule has 0 bridgehead atoms. The third-order valence-electron chi connectivity index (χ3n) is 3.33. The molecule has 2 N–H and O–H groups in total. The Morgan fingerprint density at radius 1 is 1.20 bits per heavy atom. The lowest BCUT2D eigenvalue weighted by Crippen LogP contribution is -2.28. The molecule has 0 unspecified atom stereocenters. The van der Waals surface area contributed by atoms with Crippen molar-refractivity contribution in [2.24, 2.45) is 10.2 Å². The fourth-order valence-electron chi connectivity index (χ4n) is 2.08. The zero-order chi connectivity index (χ0) is 17.6. The van der Waals surface area contributed by atoms with Crippen LogP contribution in [0.4, 0.5) is 11.4 Å². The molecule has 25 heavy (non-hydrogen) atoms. The highest BCUT2D eigenvalue weighted by atomic mass is 32.1. The molecule has 0 aliphatic carbocycles. The van der Waals surface area contributed by atoms with Gasteiger partial charge in [0.2, 0.25) is 5.11 Å². The van der Waals surface area contributed by atoms with E-state index < -0.39 is 5.97 Å². The predicted molar refractivity (Wildman–Crippen MR) is 98.5 cm³/mol. The van der Waals surface area contributed by atoms with Crippen molar-refractivity contribution in [1.82, 2.24) is 5.59 Å². The number of carbonyl (C=O) groups is 1. The van der Waals surface area contributed by atoms with Gasteiger partial charge in [0, 0.05) is 5.69 Å². The van der Waals surface area contributed by atoms with Crippen LogP contribution in [0, 0.1) is 6.92 Å². The van der Waals surface area contributed by atoms with E-state index in [1.807, 2.05) is 61.5 Å². The van der Waals surface area contributed by atoms with Gasteiger partial charge in [0.15, 0.2) is 5.70 Å². The summed E-state index contributed by atoms with van der Waals surface area (Å²) in [6, 6.07) is 16.9. The average molecular weight is 353 g/mol. The largest absolute Gasteiger partial charge is 0.378 e. The second kappa shape index (κ2) is 7.65. The van der Waals surface area contributed by atoms with E-state index in [0.717, 1.165) is 16.9 Å². The number of azo groups is 1.